The highest BCUT2D eigenvalue weighted by atomic mass is 32.1. The zero-order valence-corrected chi connectivity index (χ0v) is 14.1. The molecule has 1 amide bonds. The van der Waals surface area contributed by atoms with E-state index in [1.807, 2.05) is 49.2 Å². The molecule has 1 unspecified atom stereocenters. The number of hydrogen-bond donors (Lipinski definition) is 2. The van der Waals surface area contributed by atoms with Crippen molar-refractivity contribution in [2.75, 3.05) is 0 Å². The Bertz CT molecular complexity index is 802. The van der Waals surface area contributed by atoms with Crippen LogP contribution in [0.4, 0.5) is 0 Å². The van der Waals surface area contributed by atoms with Crippen molar-refractivity contribution in [1.29, 1.82) is 0 Å². The molecule has 3 heterocycles. The molecule has 7 heteroatoms. The van der Waals surface area contributed by atoms with Crippen LogP contribution in [0.1, 0.15) is 41.6 Å². The third kappa shape index (κ3) is 3.05. The molecule has 3 aromatic rings. The van der Waals surface area contributed by atoms with E-state index in [2.05, 4.69) is 20.6 Å². The Morgan fingerprint density at radius 3 is 3.00 bits per heavy atom. The Morgan fingerprint density at radius 1 is 1.52 bits per heavy atom. The maximum absolute atomic E-state index is 12.4. The van der Waals surface area contributed by atoms with Gasteiger partial charge in [-0.3, -0.25) is 14.6 Å². The van der Waals surface area contributed by atoms with Gasteiger partial charge in [-0.05, 0) is 38.3 Å². The highest BCUT2D eigenvalue weighted by Crippen LogP contribution is 2.23. The van der Waals surface area contributed by atoms with Crippen molar-refractivity contribution in [3.63, 3.8) is 0 Å². The van der Waals surface area contributed by atoms with Crippen LogP contribution in [0.5, 0.6) is 0 Å². The molecule has 0 fully saturated rings. The van der Waals surface area contributed by atoms with Crippen LogP contribution in [-0.2, 0) is 6.54 Å². The van der Waals surface area contributed by atoms with Crippen molar-refractivity contribution in [2.24, 2.45) is 0 Å². The van der Waals surface area contributed by atoms with Gasteiger partial charge in [0.1, 0.15) is 0 Å². The highest BCUT2D eigenvalue weighted by Gasteiger charge is 2.18. The lowest BCUT2D eigenvalue weighted by molar-refractivity contribution is 0.0934. The molecule has 0 bridgehead atoms. The van der Waals surface area contributed by atoms with Gasteiger partial charge in [0.2, 0.25) is 0 Å². The van der Waals surface area contributed by atoms with Crippen molar-refractivity contribution >= 4 is 17.2 Å². The Hall–Kier alpha value is -2.41. The van der Waals surface area contributed by atoms with Crippen LogP contribution in [-0.4, -0.2) is 25.9 Å². The Balaban J connectivity index is 1.72. The largest absolute Gasteiger partial charge is 0.344 e. The minimum Gasteiger partial charge on any atom is -0.344 e. The summed E-state index contributed by atoms with van der Waals surface area (Å²) in [6.45, 7) is 6.82. The molecular formula is C16H19N5OS. The van der Waals surface area contributed by atoms with Crippen molar-refractivity contribution in [3.05, 3.63) is 46.7 Å². The molecule has 3 rings (SSSR count). The summed E-state index contributed by atoms with van der Waals surface area (Å²) in [4.78, 5) is 13.4. The molecule has 0 aliphatic heterocycles. The topological polar surface area (TPSA) is 75.6 Å². The minimum absolute atomic E-state index is 0.121. The molecular weight excluding hydrogens is 310 g/mol. The number of carbonyl (C=O) groups is 1. The molecule has 0 radical (unpaired) electrons. The number of hydrogen-bond acceptors (Lipinski definition) is 4. The van der Waals surface area contributed by atoms with Gasteiger partial charge < -0.3 is 5.32 Å². The summed E-state index contributed by atoms with van der Waals surface area (Å²) in [6.07, 6.45) is 1.81. The molecule has 0 aliphatic rings. The lowest BCUT2D eigenvalue weighted by Gasteiger charge is -2.12. The molecule has 0 saturated carbocycles. The van der Waals surface area contributed by atoms with Crippen LogP contribution in [0.3, 0.4) is 0 Å². The lowest BCUT2D eigenvalue weighted by atomic mass is 10.1. The number of nitrogens with one attached hydrogen (secondary N) is 2. The summed E-state index contributed by atoms with van der Waals surface area (Å²) in [5, 5.41) is 16.3. The molecule has 3 aromatic heterocycles. The normalized spacial score (nSPS) is 12.3. The smallest absolute Gasteiger partial charge is 0.272 e. The molecule has 2 N–H and O–H groups in total. The molecule has 0 aliphatic carbocycles. The number of amides is 1. The molecule has 0 saturated heterocycles. The van der Waals surface area contributed by atoms with Gasteiger partial charge in [-0.25, -0.2) is 0 Å². The minimum atomic E-state index is -0.194. The van der Waals surface area contributed by atoms with E-state index in [1.165, 1.54) is 0 Å². The first kappa shape index (κ1) is 15.5. The van der Waals surface area contributed by atoms with Crippen LogP contribution in [0.15, 0.2) is 29.8 Å². The van der Waals surface area contributed by atoms with E-state index in [0.29, 0.717) is 5.69 Å². The molecule has 0 aromatic carbocycles. The van der Waals surface area contributed by atoms with E-state index in [1.54, 1.807) is 17.4 Å². The number of aryl methyl sites for hydroxylation is 1. The average Bonchev–Trinajstić information content (AvgIpc) is 3.27. The molecule has 23 heavy (non-hydrogen) atoms. The summed E-state index contributed by atoms with van der Waals surface area (Å²) in [7, 11) is 0. The third-order valence-corrected chi connectivity index (χ3v) is 4.76. The Kier molecular flexibility index (Phi) is 4.29. The second-order valence-corrected chi connectivity index (χ2v) is 6.29. The van der Waals surface area contributed by atoms with Gasteiger partial charge in [-0.1, -0.05) is 6.07 Å². The fourth-order valence-electron chi connectivity index (χ4n) is 2.55. The Labute approximate surface area is 138 Å². The van der Waals surface area contributed by atoms with Crippen LogP contribution in [0.2, 0.25) is 0 Å². The van der Waals surface area contributed by atoms with E-state index in [0.717, 1.165) is 28.4 Å². The van der Waals surface area contributed by atoms with Gasteiger partial charge in [-0.2, -0.15) is 10.2 Å². The quantitative estimate of drug-likeness (QED) is 0.755. The summed E-state index contributed by atoms with van der Waals surface area (Å²) in [6, 6.07) is 5.61. The number of carbonyl (C=O) groups excluding carboxylic acids is 1. The number of thiophene rings is 1. The van der Waals surface area contributed by atoms with Gasteiger partial charge in [0.25, 0.3) is 5.91 Å². The lowest BCUT2D eigenvalue weighted by Crippen LogP contribution is -2.27. The average molecular weight is 329 g/mol. The number of aromatic nitrogens is 4. The maximum Gasteiger partial charge on any atom is 0.272 e. The second-order valence-electron chi connectivity index (χ2n) is 5.34. The van der Waals surface area contributed by atoms with Crippen molar-refractivity contribution in [2.45, 2.75) is 33.4 Å². The van der Waals surface area contributed by atoms with Crippen molar-refractivity contribution < 1.29 is 4.79 Å². The monoisotopic (exact) mass is 329 g/mol. The number of aromatic amines is 1. The van der Waals surface area contributed by atoms with Gasteiger partial charge in [-0.15, -0.1) is 11.3 Å². The first-order valence-corrected chi connectivity index (χ1v) is 8.40. The summed E-state index contributed by atoms with van der Waals surface area (Å²) < 4.78 is 1.92. The highest BCUT2D eigenvalue weighted by molar-refractivity contribution is 7.13. The standard InChI is InChI=1S/C16H19N5OS/c1-4-21-11(3)12(9-17-21)10(2)18-16(22)14-8-13(19-20-14)15-6-5-7-23-15/h5-10H,4H2,1-3H3,(H,18,22)(H,19,20). The molecule has 6 nitrogen and oxygen atoms in total. The van der Waals surface area contributed by atoms with Crippen LogP contribution in [0.25, 0.3) is 10.6 Å². The Morgan fingerprint density at radius 2 is 2.35 bits per heavy atom. The number of rotatable bonds is 5. The zero-order chi connectivity index (χ0) is 16.4. The third-order valence-electron chi connectivity index (χ3n) is 3.85. The summed E-state index contributed by atoms with van der Waals surface area (Å²) >= 11 is 1.61. The molecule has 120 valence electrons. The fourth-order valence-corrected chi connectivity index (χ4v) is 3.24. The van der Waals surface area contributed by atoms with E-state index in [9.17, 15) is 4.79 Å². The van der Waals surface area contributed by atoms with Gasteiger partial charge in [0.15, 0.2) is 5.69 Å². The van der Waals surface area contributed by atoms with Gasteiger partial charge in [0, 0.05) is 17.8 Å². The SMILES string of the molecule is CCn1ncc(C(C)NC(=O)c2cc(-c3cccs3)[nH]n2)c1C. The maximum atomic E-state index is 12.4. The van der Waals surface area contributed by atoms with E-state index >= 15 is 0 Å². The van der Waals surface area contributed by atoms with Gasteiger partial charge in [0.05, 0.1) is 22.8 Å². The van der Waals surface area contributed by atoms with Crippen LogP contribution < -0.4 is 5.32 Å². The second kappa shape index (κ2) is 6.37. The number of nitrogens with zero attached hydrogens (tertiary/aromatic N) is 3. The van der Waals surface area contributed by atoms with Crippen LogP contribution >= 0.6 is 11.3 Å². The van der Waals surface area contributed by atoms with E-state index in [-0.39, 0.29) is 11.9 Å². The predicted octanol–water partition coefficient (Wildman–Crippen LogP) is 3.15. The first-order chi connectivity index (χ1) is 11.1. The van der Waals surface area contributed by atoms with E-state index < -0.39 is 0 Å². The number of H-pyrrole nitrogens is 1. The van der Waals surface area contributed by atoms with Crippen molar-refractivity contribution in [1.82, 2.24) is 25.3 Å². The van der Waals surface area contributed by atoms with E-state index in [4.69, 9.17) is 0 Å². The molecule has 1 atom stereocenters. The summed E-state index contributed by atoms with van der Waals surface area (Å²) in [5.74, 6) is -0.194. The fraction of sp³-hybridized carbons (Fsp3) is 0.312. The van der Waals surface area contributed by atoms with Gasteiger partial charge >= 0.3 is 0 Å². The molecule has 0 spiro atoms. The first-order valence-electron chi connectivity index (χ1n) is 7.52. The zero-order valence-electron chi connectivity index (χ0n) is 13.3. The van der Waals surface area contributed by atoms with Crippen LogP contribution in [0, 0.1) is 6.92 Å². The predicted molar refractivity (Wildman–Crippen MR) is 90.4 cm³/mol. The summed E-state index contributed by atoms with van der Waals surface area (Å²) in [5.41, 5.74) is 3.34. The van der Waals surface area contributed by atoms with Crippen molar-refractivity contribution in [3.8, 4) is 10.6 Å².